The van der Waals surface area contributed by atoms with Crippen LogP contribution in [0.15, 0.2) is 88.2 Å². The van der Waals surface area contributed by atoms with Gasteiger partial charge in [-0.05, 0) is 54.1 Å². The van der Waals surface area contributed by atoms with Crippen LogP contribution in [0.25, 0.3) is 0 Å². The van der Waals surface area contributed by atoms with Crippen LogP contribution < -0.4 is 5.32 Å². The summed E-state index contributed by atoms with van der Waals surface area (Å²) < 4.78 is 0.958. The molecule has 0 aliphatic heterocycles. The van der Waals surface area contributed by atoms with Gasteiger partial charge in [-0.25, -0.2) is 0 Å². The van der Waals surface area contributed by atoms with E-state index in [4.69, 9.17) is 0 Å². The summed E-state index contributed by atoms with van der Waals surface area (Å²) in [7, 11) is 0. The predicted molar refractivity (Wildman–Crippen MR) is 105 cm³/mol. The first-order valence-electron chi connectivity index (χ1n) is 7.54. The summed E-state index contributed by atoms with van der Waals surface area (Å²) in [5.74, 6) is 0.805. The van der Waals surface area contributed by atoms with Gasteiger partial charge in [-0.2, -0.15) is 0 Å². The number of amides is 1. The van der Waals surface area contributed by atoms with Crippen molar-refractivity contribution in [1.82, 2.24) is 0 Å². The first kappa shape index (κ1) is 16.8. The van der Waals surface area contributed by atoms with Gasteiger partial charge in [0.15, 0.2) is 0 Å². The Morgan fingerprint density at radius 1 is 0.875 bits per heavy atom. The summed E-state index contributed by atoms with van der Waals surface area (Å²) in [5.41, 5.74) is 2.67. The zero-order valence-electron chi connectivity index (χ0n) is 12.9. The summed E-state index contributed by atoms with van der Waals surface area (Å²) in [6.45, 7) is 0. The summed E-state index contributed by atoms with van der Waals surface area (Å²) in [4.78, 5) is 13.4. The van der Waals surface area contributed by atoms with Gasteiger partial charge >= 0.3 is 0 Å². The minimum Gasteiger partial charge on any atom is -0.322 e. The molecule has 1 N–H and O–H groups in total. The Kier molecular flexibility index (Phi) is 5.72. The first-order chi connectivity index (χ1) is 11.7. The summed E-state index contributed by atoms with van der Waals surface area (Å²) >= 11 is 5.17. The molecular formula is C20H16BrNOS. The fraction of sp³-hybridized carbons (Fsp3) is 0.0500. The number of carbonyl (C=O) groups is 1. The van der Waals surface area contributed by atoms with Crippen LogP contribution in [-0.2, 0) is 5.75 Å². The minimum absolute atomic E-state index is 0.103. The SMILES string of the molecule is O=C(Nc1ccc(CSc2ccccc2)cc1)c1ccc(Br)cc1. The van der Waals surface area contributed by atoms with Gasteiger partial charge in [0.05, 0.1) is 0 Å². The zero-order chi connectivity index (χ0) is 16.8. The maximum atomic E-state index is 12.2. The van der Waals surface area contributed by atoms with E-state index in [-0.39, 0.29) is 5.91 Å². The topological polar surface area (TPSA) is 29.1 Å². The van der Waals surface area contributed by atoms with Crippen LogP contribution in [0.3, 0.4) is 0 Å². The maximum Gasteiger partial charge on any atom is 0.255 e. The molecule has 4 heteroatoms. The quantitative estimate of drug-likeness (QED) is 0.535. The lowest BCUT2D eigenvalue weighted by Gasteiger charge is -2.07. The highest BCUT2D eigenvalue weighted by atomic mass is 79.9. The lowest BCUT2D eigenvalue weighted by atomic mass is 10.2. The molecule has 2 nitrogen and oxygen atoms in total. The van der Waals surface area contributed by atoms with Crippen molar-refractivity contribution in [2.75, 3.05) is 5.32 Å². The van der Waals surface area contributed by atoms with Crippen LogP contribution >= 0.6 is 27.7 Å². The number of nitrogens with one attached hydrogen (secondary N) is 1. The zero-order valence-corrected chi connectivity index (χ0v) is 15.3. The fourth-order valence-electron chi connectivity index (χ4n) is 2.17. The van der Waals surface area contributed by atoms with E-state index in [0.717, 1.165) is 15.9 Å². The van der Waals surface area contributed by atoms with Gasteiger partial charge in [0.1, 0.15) is 0 Å². The van der Waals surface area contributed by atoms with E-state index in [0.29, 0.717) is 5.56 Å². The number of rotatable bonds is 5. The molecule has 0 aliphatic rings. The number of benzene rings is 3. The number of halogens is 1. The molecule has 0 aliphatic carbocycles. The van der Waals surface area contributed by atoms with Gasteiger partial charge in [-0.15, -0.1) is 11.8 Å². The Balaban J connectivity index is 1.58. The van der Waals surface area contributed by atoms with Crippen molar-refractivity contribution in [2.24, 2.45) is 0 Å². The molecule has 0 bridgehead atoms. The van der Waals surface area contributed by atoms with Gasteiger partial charge in [-0.3, -0.25) is 4.79 Å². The number of anilines is 1. The Morgan fingerprint density at radius 2 is 1.54 bits per heavy atom. The lowest BCUT2D eigenvalue weighted by molar-refractivity contribution is 0.102. The highest BCUT2D eigenvalue weighted by Gasteiger charge is 2.05. The van der Waals surface area contributed by atoms with E-state index in [9.17, 15) is 4.79 Å². The predicted octanol–water partition coefficient (Wildman–Crippen LogP) is 5.99. The molecule has 0 aromatic heterocycles. The van der Waals surface area contributed by atoms with E-state index in [1.54, 1.807) is 23.9 Å². The lowest BCUT2D eigenvalue weighted by Crippen LogP contribution is -2.11. The standard InChI is InChI=1S/C20H16BrNOS/c21-17-10-8-16(9-11-17)20(23)22-18-12-6-15(7-13-18)14-24-19-4-2-1-3-5-19/h1-13H,14H2,(H,22,23). The molecule has 0 spiro atoms. The molecule has 0 radical (unpaired) electrons. The third-order valence-corrected chi connectivity index (χ3v) is 5.08. The molecular weight excluding hydrogens is 382 g/mol. The van der Waals surface area contributed by atoms with Crippen LogP contribution in [0.5, 0.6) is 0 Å². The molecule has 3 rings (SSSR count). The molecule has 0 saturated heterocycles. The largest absolute Gasteiger partial charge is 0.322 e. The van der Waals surface area contributed by atoms with Crippen molar-refractivity contribution >= 4 is 39.3 Å². The van der Waals surface area contributed by atoms with Crippen molar-refractivity contribution < 1.29 is 4.79 Å². The van der Waals surface area contributed by atoms with E-state index < -0.39 is 0 Å². The molecule has 120 valence electrons. The van der Waals surface area contributed by atoms with Crippen LogP contribution in [0.1, 0.15) is 15.9 Å². The van der Waals surface area contributed by atoms with Crippen molar-refractivity contribution in [2.45, 2.75) is 10.6 Å². The molecule has 0 heterocycles. The Bertz CT molecular complexity index is 801. The Morgan fingerprint density at radius 3 is 2.21 bits per heavy atom. The molecule has 3 aromatic rings. The van der Waals surface area contributed by atoms with E-state index in [1.165, 1.54) is 10.5 Å². The van der Waals surface area contributed by atoms with Crippen LogP contribution in [-0.4, -0.2) is 5.91 Å². The number of hydrogen-bond donors (Lipinski definition) is 1. The van der Waals surface area contributed by atoms with Gasteiger partial charge in [0.25, 0.3) is 5.91 Å². The van der Waals surface area contributed by atoms with Gasteiger partial charge in [0.2, 0.25) is 0 Å². The fourth-order valence-corrected chi connectivity index (χ4v) is 3.31. The number of hydrogen-bond acceptors (Lipinski definition) is 2. The summed E-state index contributed by atoms with van der Waals surface area (Å²) in [6.07, 6.45) is 0. The smallest absolute Gasteiger partial charge is 0.255 e. The highest BCUT2D eigenvalue weighted by Crippen LogP contribution is 2.23. The van der Waals surface area contributed by atoms with Crippen molar-refractivity contribution in [3.63, 3.8) is 0 Å². The average Bonchev–Trinajstić information content (AvgIpc) is 2.62. The van der Waals surface area contributed by atoms with E-state index in [2.05, 4.69) is 33.4 Å². The average molecular weight is 398 g/mol. The van der Waals surface area contributed by atoms with Gasteiger partial charge in [0, 0.05) is 26.4 Å². The van der Waals surface area contributed by atoms with Gasteiger partial charge in [-0.1, -0.05) is 46.3 Å². The minimum atomic E-state index is -0.103. The molecule has 1 amide bonds. The molecule has 0 atom stereocenters. The van der Waals surface area contributed by atoms with Crippen molar-refractivity contribution in [3.8, 4) is 0 Å². The summed E-state index contributed by atoms with van der Waals surface area (Å²) in [5, 5.41) is 2.92. The second-order valence-electron chi connectivity index (χ2n) is 5.26. The molecule has 0 unspecified atom stereocenters. The number of carbonyl (C=O) groups excluding carboxylic acids is 1. The van der Waals surface area contributed by atoms with Crippen LogP contribution in [0, 0.1) is 0 Å². The number of thioether (sulfide) groups is 1. The normalized spacial score (nSPS) is 10.4. The molecule has 24 heavy (non-hydrogen) atoms. The Hall–Kier alpha value is -2.04. The van der Waals surface area contributed by atoms with E-state index >= 15 is 0 Å². The third kappa shape index (κ3) is 4.73. The molecule has 3 aromatic carbocycles. The second kappa shape index (κ2) is 8.18. The van der Waals surface area contributed by atoms with Gasteiger partial charge < -0.3 is 5.32 Å². The monoisotopic (exact) mass is 397 g/mol. The summed E-state index contributed by atoms with van der Waals surface area (Å²) in [6, 6.07) is 25.6. The van der Waals surface area contributed by atoms with Crippen molar-refractivity contribution in [3.05, 3.63) is 94.5 Å². The van der Waals surface area contributed by atoms with Crippen LogP contribution in [0.4, 0.5) is 5.69 Å². The van der Waals surface area contributed by atoms with Crippen molar-refractivity contribution in [1.29, 1.82) is 0 Å². The highest BCUT2D eigenvalue weighted by molar-refractivity contribution is 9.10. The molecule has 0 fully saturated rings. The Labute approximate surface area is 154 Å². The van der Waals surface area contributed by atoms with E-state index in [1.807, 2.05) is 54.6 Å². The third-order valence-electron chi connectivity index (χ3n) is 3.47. The maximum absolute atomic E-state index is 12.2. The molecule has 0 saturated carbocycles. The first-order valence-corrected chi connectivity index (χ1v) is 9.32. The second-order valence-corrected chi connectivity index (χ2v) is 7.22. The van der Waals surface area contributed by atoms with Crippen LogP contribution in [0.2, 0.25) is 0 Å².